The first kappa shape index (κ1) is 15.2. The van der Waals surface area contributed by atoms with Crippen molar-refractivity contribution in [3.8, 4) is 0 Å². The van der Waals surface area contributed by atoms with Crippen LogP contribution >= 0.6 is 11.3 Å². The Morgan fingerprint density at radius 2 is 2.14 bits per heavy atom. The Labute approximate surface area is 127 Å². The Hall–Kier alpha value is -2.21. The molecule has 2 aromatic rings. The van der Waals surface area contributed by atoms with Gasteiger partial charge in [-0.1, -0.05) is 12.1 Å². The Kier molecular flexibility index (Phi) is 5.45. The fraction of sp³-hybridized carbons (Fsp3) is 0.267. The van der Waals surface area contributed by atoms with E-state index in [-0.39, 0.29) is 18.3 Å². The van der Waals surface area contributed by atoms with Crippen molar-refractivity contribution >= 4 is 23.2 Å². The van der Waals surface area contributed by atoms with E-state index in [1.54, 1.807) is 17.2 Å². The van der Waals surface area contributed by atoms with E-state index in [1.807, 2.05) is 29.6 Å². The molecule has 0 atom stereocenters. The highest BCUT2D eigenvalue weighted by atomic mass is 32.1. The topological polar surface area (TPSA) is 59.5 Å². The van der Waals surface area contributed by atoms with Gasteiger partial charge < -0.3 is 9.64 Å². The van der Waals surface area contributed by atoms with E-state index >= 15 is 0 Å². The van der Waals surface area contributed by atoms with E-state index in [1.165, 1.54) is 18.4 Å². The zero-order valence-electron chi connectivity index (χ0n) is 11.7. The van der Waals surface area contributed by atoms with Crippen LogP contribution in [0.15, 0.2) is 41.9 Å². The molecule has 0 unspecified atom stereocenters. The van der Waals surface area contributed by atoms with E-state index in [0.717, 1.165) is 5.69 Å². The molecule has 2 aromatic heterocycles. The van der Waals surface area contributed by atoms with Crippen LogP contribution in [0.4, 0.5) is 0 Å². The van der Waals surface area contributed by atoms with Crippen molar-refractivity contribution in [2.24, 2.45) is 0 Å². The lowest BCUT2D eigenvalue weighted by molar-refractivity contribution is -0.140. The summed E-state index contributed by atoms with van der Waals surface area (Å²) in [5.74, 6) is -0.431. The molecule has 0 saturated carbocycles. The number of hydrogen-bond acceptors (Lipinski definition) is 5. The Balaban J connectivity index is 2.10. The molecule has 0 saturated heterocycles. The number of thiophene rings is 1. The molecule has 1 amide bonds. The fourth-order valence-electron chi connectivity index (χ4n) is 1.82. The number of esters is 1. The largest absolute Gasteiger partial charge is 0.469 e. The van der Waals surface area contributed by atoms with E-state index in [9.17, 15) is 9.59 Å². The molecule has 0 aliphatic carbocycles. The number of methoxy groups -OCH3 is 1. The van der Waals surface area contributed by atoms with Gasteiger partial charge in [-0.15, -0.1) is 11.3 Å². The molecule has 21 heavy (non-hydrogen) atoms. The monoisotopic (exact) mass is 304 g/mol. The third-order valence-electron chi connectivity index (χ3n) is 2.91. The summed E-state index contributed by atoms with van der Waals surface area (Å²) in [6.07, 6.45) is 1.85. The number of amides is 1. The molecule has 0 radical (unpaired) electrons. The fourth-order valence-corrected chi connectivity index (χ4v) is 2.51. The molecule has 0 aliphatic rings. The van der Waals surface area contributed by atoms with Crippen LogP contribution in [0.5, 0.6) is 0 Å². The smallest absolute Gasteiger partial charge is 0.307 e. The molecule has 0 aromatic carbocycles. The van der Waals surface area contributed by atoms with Crippen LogP contribution in [0.2, 0.25) is 0 Å². The average Bonchev–Trinajstić information content (AvgIpc) is 3.05. The van der Waals surface area contributed by atoms with Gasteiger partial charge in [0.2, 0.25) is 0 Å². The predicted molar refractivity (Wildman–Crippen MR) is 79.9 cm³/mol. The number of ether oxygens (including phenoxy) is 1. The first-order valence-electron chi connectivity index (χ1n) is 6.50. The lowest BCUT2D eigenvalue weighted by atomic mass is 10.3. The van der Waals surface area contributed by atoms with Gasteiger partial charge in [-0.05, 0) is 23.6 Å². The number of aromatic nitrogens is 1. The highest BCUT2D eigenvalue weighted by Gasteiger charge is 2.18. The lowest BCUT2D eigenvalue weighted by Gasteiger charge is -2.21. The van der Waals surface area contributed by atoms with Gasteiger partial charge in [-0.2, -0.15) is 0 Å². The molecule has 0 fully saturated rings. The summed E-state index contributed by atoms with van der Waals surface area (Å²) < 4.78 is 4.63. The minimum absolute atomic E-state index is 0.0976. The maximum absolute atomic E-state index is 12.5. The summed E-state index contributed by atoms with van der Waals surface area (Å²) in [6.45, 7) is 0.675. The molecule has 0 aliphatic heterocycles. The number of carbonyl (C=O) groups is 2. The lowest BCUT2D eigenvalue weighted by Crippen LogP contribution is -2.32. The van der Waals surface area contributed by atoms with Crippen LogP contribution in [-0.2, 0) is 16.1 Å². The van der Waals surface area contributed by atoms with Crippen molar-refractivity contribution < 1.29 is 14.3 Å². The molecule has 2 heterocycles. The highest BCUT2D eigenvalue weighted by molar-refractivity contribution is 7.12. The van der Waals surface area contributed by atoms with Crippen molar-refractivity contribution in [3.63, 3.8) is 0 Å². The summed E-state index contributed by atoms with van der Waals surface area (Å²) in [7, 11) is 1.34. The molecule has 6 heteroatoms. The van der Waals surface area contributed by atoms with E-state index in [0.29, 0.717) is 18.0 Å². The van der Waals surface area contributed by atoms with Crippen LogP contribution in [0.1, 0.15) is 21.8 Å². The Morgan fingerprint density at radius 1 is 1.29 bits per heavy atom. The molecule has 110 valence electrons. The number of nitrogens with zero attached hydrogens (tertiary/aromatic N) is 2. The van der Waals surface area contributed by atoms with Crippen LogP contribution < -0.4 is 0 Å². The molecule has 0 bridgehead atoms. The SMILES string of the molecule is COC(=O)CCN(Cc1ccccn1)C(=O)c1cccs1. The van der Waals surface area contributed by atoms with Gasteiger partial charge in [-0.3, -0.25) is 14.6 Å². The van der Waals surface area contributed by atoms with Gasteiger partial charge in [0.25, 0.3) is 5.91 Å². The zero-order chi connectivity index (χ0) is 15.1. The third kappa shape index (κ3) is 4.39. The van der Waals surface area contributed by atoms with Crippen LogP contribution in [0.3, 0.4) is 0 Å². The number of rotatable bonds is 6. The van der Waals surface area contributed by atoms with Gasteiger partial charge >= 0.3 is 5.97 Å². The second-order valence-electron chi connectivity index (χ2n) is 4.35. The second kappa shape index (κ2) is 7.54. The quantitative estimate of drug-likeness (QED) is 0.769. The highest BCUT2D eigenvalue weighted by Crippen LogP contribution is 2.14. The van der Waals surface area contributed by atoms with Crippen molar-refractivity contribution in [1.82, 2.24) is 9.88 Å². The van der Waals surface area contributed by atoms with Crippen LogP contribution in [0.25, 0.3) is 0 Å². The predicted octanol–water partition coefficient (Wildman–Crippen LogP) is 2.35. The van der Waals surface area contributed by atoms with Gasteiger partial charge in [-0.25, -0.2) is 0 Å². The van der Waals surface area contributed by atoms with Crippen LogP contribution in [0, 0.1) is 0 Å². The Morgan fingerprint density at radius 3 is 2.76 bits per heavy atom. The number of carbonyl (C=O) groups excluding carboxylic acids is 2. The molecular weight excluding hydrogens is 288 g/mol. The standard InChI is InChI=1S/C15H16N2O3S/c1-20-14(18)7-9-17(11-12-5-2-3-8-16-12)15(19)13-6-4-10-21-13/h2-6,8,10H,7,9,11H2,1H3. The third-order valence-corrected chi connectivity index (χ3v) is 3.77. The molecule has 2 rings (SSSR count). The molecule has 0 N–H and O–H groups in total. The zero-order valence-corrected chi connectivity index (χ0v) is 12.5. The summed E-state index contributed by atoms with van der Waals surface area (Å²) >= 11 is 1.38. The van der Waals surface area contributed by atoms with E-state index in [2.05, 4.69) is 9.72 Å². The number of pyridine rings is 1. The van der Waals surface area contributed by atoms with E-state index in [4.69, 9.17) is 0 Å². The van der Waals surface area contributed by atoms with Gasteiger partial charge in [0.15, 0.2) is 0 Å². The van der Waals surface area contributed by atoms with Crippen molar-refractivity contribution in [3.05, 3.63) is 52.5 Å². The molecule has 5 nitrogen and oxygen atoms in total. The second-order valence-corrected chi connectivity index (χ2v) is 5.30. The maximum atomic E-state index is 12.5. The van der Waals surface area contributed by atoms with Gasteiger partial charge in [0, 0.05) is 12.7 Å². The van der Waals surface area contributed by atoms with Gasteiger partial charge in [0.05, 0.1) is 30.6 Å². The molecular formula is C15H16N2O3S. The van der Waals surface area contributed by atoms with Crippen molar-refractivity contribution in [1.29, 1.82) is 0 Å². The summed E-state index contributed by atoms with van der Waals surface area (Å²) in [6, 6.07) is 9.15. The minimum Gasteiger partial charge on any atom is -0.469 e. The summed E-state index contributed by atoms with van der Waals surface area (Å²) in [5, 5.41) is 1.85. The summed E-state index contributed by atoms with van der Waals surface area (Å²) in [4.78, 5) is 30.3. The maximum Gasteiger partial charge on any atom is 0.307 e. The summed E-state index contributed by atoms with van der Waals surface area (Å²) in [5.41, 5.74) is 0.785. The number of hydrogen-bond donors (Lipinski definition) is 0. The molecule has 0 spiro atoms. The van der Waals surface area contributed by atoms with Crippen molar-refractivity contribution in [2.45, 2.75) is 13.0 Å². The van der Waals surface area contributed by atoms with Gasteiger partial charge in [0.1, 0.15) is 0 Å². The normalized spacial score (nSPS) is 10.1. The first-order chi connectivity index (χ1) is 10.2. The first-order valence-corrected chi connectivity index (χ1v) is 7.38. The average molecular weight is 304 g/mol. The van der Waals surface area contributed by atoms with Crippen LogP contribution in [-0.4, -0.2) is 35.4 Å². The minimum atomic E-state index is -0.333. The Bertz CT molecular complexity index is 584. The van der Waals surface area contributed by atoms with Crippen molar-refractivity contribution in [2.75, 3.05) is 13.7 Å². The van der Waals surface area contributed by atoms with E-state index < -0.39 is 0 Å².